The van der Waals surface area contributed by atoms with Crippen LogP contribution in [0.15, 0.2) is 11.6 Å². The molecular weight excluding hydrogens is 164 g/mol. The zero-order valence-corrected chi connectivity index (χ0v) is 8.92. The van der Waals surface area contributed by atoms with E-state index >= 15 is 0 Å². The first-order chi connectivity index (χ1) is 5.97. The van der Waals surface area contributed by atoms with Gasteiger partial charge in [-0.3, -0.25) is 4.79 Å². The molecule has 0 spiro atoms. The molecule has 0 rings (SSSR count). The lowest BCUT2D eigenvalue weighted by molar-refractivity contribution is -0.114. The highest BCUT2D eigenvalue weighted by Crippen LogP contribution is 2.00. The van der Waals surface area contributed by atoms with Crippen LogP contribution in [0, 0.1) is 0 Å². The van der Waals surface area contributed by atoms with Crippen LogP contribution in [0.1, 0.15) is 34.1 Å². The number of nitrogens with two attached hydrogens (primary N) is 1. The summed E-state index contributed by atoms with van der Waals surface area (Å²) in [6.45, 7) is 7.98. The maximum atomic E-state index is 10.8. The molecule has 0 aromatic heterocycles. The molecule has 0 aliphatic rings. The second kappa shape index (κ2) is 5.75. The highest BCUT2D eigenvalue weighted by molar-refractivity contribution is 5.91. The van der Waals surface area contributed by atoms with Gasteiger partial charge in [0.2, 0.25) is 5.91 Å². The zero-order chi connectivity index (χ0) is 10.4. The SMILES string of the molecule is CCC(/C=C(\C)C(N)=O)NC(C)C. The fourth-order valence-corrected chi connectivity index (χ4v) is 1.10. The summed E-state index contributed by atoms with van der Waals surface area (Å²) in [5.74, 6) is -0.344. The molecule has 76 valence electrons. The number of hydrogen-bond acceptors (Lipinski definition) is 2. The summed E-state index contributed by atoms with van der Waals surface area (Å²) in [6.07, 6.45) is 2.85. The standard InChI is InChI=1S/C10H20N2O/c1-5-9(12-7(2)3)6-8(4)10(11)13/h6-7,9,12H,5H2,1-4H3,(H2,11,13)/b8-6+. The molecule has 0 saturated carbocycles. The third kappa shape index (κ3) is 5.42. The van der Waals surface area contributed by atoms with Crippen LogP contribution in [0.4, 0.5) is 0 Å². The molecule has 0 aliphatic carbocycles. The van der Waals surface area contributed by atoms with E-state index in [0.29, 0.717) is 11.6 Å². The average molecular weight is 184 g/mol. The first kappa shape index (κ1) is 12.2. The van der Waals surface area contributed by atoms with Crippen molar-refractivity contribution in [2.75, 3.05) is 0 Å². The molecule has 13 heavy (non-hydrogen) atoms. The minimum Gasteiger partial charge on any atom is -0.366 e. The molecule has 3 heteroatoms. The summed E-state index contributed by atoms with van der Waals surface area (Å²) in [5.41, 5.74) is 5.76. The Balaban J connectivity index is 4.26. The maximum absolute atomic E-state index is 10.8. The maximum Gasteiger partial charge on any atom is 0.244 e. The number of amides is 1. The number of carbonyl (C=O) groups excluding carboxylic acids is 1. The minimum atomic E-state index is -0.344. The van der Waals surface area contributed by atoms with Gasteiger partial charge in [0.15, 0.2) is 0 Å². The van der Waals surface area contributed by atoms with E-state index in [4.69, 9.17) is 5.73 Å². The third-order valence-electron chi connectivity index (χ3n) is 1.83. The van der Waals surface area contributed by atoms with Crippen molar-refractivity contribution in [1.82, 2.24) is 5.32 Å². The minimum absolute atomic E-state index is 0.243. The Bertz CT molecular complexity index is 197. The summed E-state index contributed by atoms with van der Waals surface area (Å²) in [6, 6.07) is 0.661. The first-order valence-electron chi connectivity index (χ1n) is 4.71. The zero-order valence-electron chi connectivity index (χ0n) is 8.92. The van der Waals surface area contributed by atoms with Gasteiger partial charge in [-0.1, -0.05) is 26.8 Å². The Kier molecular flexibility index (Phi) is 5.39. The molecule has 1 amide bonds. The van der Waals surface area contributed by atoms with Crippen molar-refractivity contribution in [2.24, 2.45) is 5.73 Å². The Morgan fingerprint density at radius 3 is 2.38 bits per heavy atom. The van der Waals surface area contributed by atoms with Crippen LogP contribution < -0.4 is 11.1 Å². The smallest absolute Gasteiger partial charge is 0.244 e. The van der Waals surface area contributed by atoms with Gasteiger partial charge in [-0.05, 0) is 13.3 Å². The Morgan fingerprint density at radius 1 is 1.54 bits per heavy atom. The first-order valence-corrected chi connectivity index (χ1v) is 4.71. The Morgan fingerprint density at radius 2 is 2.08 bits per heavy atom. The van der Waals surface area contributed by atoms with Gasteiger partial charge < -0.3 is 11.1 Å². The third-order valence-corrected chi connectivity index (χ3v) is 1.83. The number of hydrogen-bond donors (Lipinski definition) is 2. The van der Waals surface area contributed by atoms with Gasteiger partial charge in [-0.25, -0.2) is 0 Å². The van der Waals surface area contributed by atoms with E-state index in [-0.39, 0.29) is 11.9 Å². The van der Waals surface area contributed by atoms with Crippen molar-refractivity contribution < 1.29 is 4.79 Å². The number of nitrogens with one attached hydrogen (secondary N) is 1. The van der Waals surface area contributed by atoms with Crippen molar-refractivity contribution in [1.29, 1.82) is 0 Å². The number of rotatable bonds is 5. The summed E-state index contributed by atoms with van der Waals surface area (Å²) < 4.78 is 0. The monoisotopic (exact) mass is 184 g/mol. The Hall–Kier alpha value is -0.830. The van der Waals surface area contributed by atoms with E-state index in [9.17, 15) is 4.79 Å². The van der Waals surface area contributed by atoms with E-state index in [2.05, 4.69) is 26.1 Å². The summed E-state index contributed by atoms with van der Waals surface area (Å²) in [4.78, 5) is 10.8. The van der Waals surface area contributed by atoms with Crippen molar-refractivity contribution in [3.8, 4) is 0 Å². The molecule has 0 radical (unpaired) electrons. The lowest BCUT2D eigenvalue weighted by Gasteiger charge is -2.16. The molecule has 0 aromatic carbocycles. The highest BCUT2D eigenvalue weighted by Gasteiger charge is 2.06. The highest BCUT2D eigenvalue weighted by atomic mass is 16.1. The molecule has 0 heterocycles. The fraction of sp³-hybridized carbons (Fsp3) is 0.700. The van der Waals surface area contributed by atoms with E-state index in [1.165, 1.54) is 0 Å². The second-order valence-electron chi connectivity index (χ2n) is 3.55. The van der Waals surface area contributed by atoms with Crippen molar-refractivity contribution in [3.63, 3.8) is 0 Å². The largest absolute Gasteiger partial charge is 0.366 e. The number of carbonyl (C=O) groups is 1. The predicted molar refractivity (Wildman–Crippen MR) is 55.3 cm³/mol. The van der Waals surface area contributed by atoms with Crippen LogP contribution >= 0.6 is 0 Å². The molecule has 3 nitrogen and oxygen atoms in total. The summed E-state index contributed by atoms with van der Waals surface area (Å²) >= 11 is 0. The molecule has 0 aliphatic heterocycles. The van der Waals surface area contributed by atoms with Gasteiger partial charge in [0.25, 0.3) is 0 Å². The molecule has 0 aromatic rings. The molecule has 1 unspecified atom stereocenters. The molecule has 0 bridgehead atoms. The van der Waals surface area contributed by atoms with Crippen LogP contribution in [0.5, 0.6) is 0 Å². The number of primary amides is 1. The van der Waals surface area contributed by atoms with E-state index in [1.54, 1.807) is 6.92 Å². The van der Waals surface area contributed by atoms with Crippen LogP contribution in [0.25, 0.3) is 0 Å². The summed E-state index contributed by atoms with van der Waals surface area (Å²) in [5, 5.41) is 3.33. The average Bonchev–Trinajstić information content (AvgIpc) is 2.02. The van der Waals surface area contributed by atoms with Crippen LogP contribution in [0.2, 0.25) is 0 Å². The van der Waals surface area contributed by atoms with Crippen LogP contribution in [0.3, 0.4) is 0 Å². The van der Waals surface area contributed by atoms with Crippen molar-refractivity contribution in [3.05, 3.63) is 11.6 Å². The molecule has 3 N–H and O–H groups in total. The Labute approximate surface area is 80.4 Å². The van der Waals surface area contributed by atoms with Gasteiger partial charge in [-0.2, -0.15) is 0 Å². The van der Waals surface area contributed by atoms with E-state index < -0.39 is 0 Å². The van der Waals surface area contributed by atoms with Crippen molar-refractivity contribution >= 4 is 5.91 Å². The summed E-state index contributed by atoms with van der Waals surface area (Å²) in [7, 11) is 0. The predicted octanol–water partition coefficient (Wildman–Crippen LogP) is 1.19. The molecule has 0 fully saturated rings. The van der Waals surface area contributed by atoms with E-state index in [0.717, 1.165) is 6.42 Å². The lowest BCUT2D eigenvalue weighted by atomic mass is 10.1. The molecule has 0 saturated heterocycles. The molecular formula is C10H20N2O. The lowest BCUT2D eigenvalue weighted by Crippen LogP contribution is -2.33. The quantitative estimate of drug-likeness (QED) is 0.631. The van der Waals surface area contributed by atoms with Crippen molar-refractivity contribution in [2.45, 2.75) is 46.2 Å². The van der Waals surface area contributed by atoms with E-state index in [1.807, 2.05) is 6.08 Å². The van der Waals surface area contributed by atoms with Crippen LogP contribution in [-0.4, -0.2) is 18.0 Å². The van der Waals surface area contributed by atoms with Gasteiger partial charge in [0, 0.05) is 17.7 Å². The molecule has 1 atom stereocenters. The van der Waals surface area contributed by atoms with Gasteiger partial charge in [0.1, 0.15) is 0 Å². The van der Waals surface area contributed by atoms with Gasteiger partial charge >= 0.3 is 0 Å². The fourth-order valence-electron chi connectivity index (χ4n) is 1.10. The van der Waals surface area contributed by atoms with Gasteiger partial charge in [0.05, 0.1) is 0 Å². The van der Waals surface area contributed by atoms with Crippen LogP contribution in [-0.2, 0) is 4.79 Å². The topological polar surface area (TPSA) is 55.1 Å². The van der Waals surface area contributed by atoms with Gasteiger partial charge in [-0.15, -0.1) is 0 Å². The normalized spacial score (nSPS) is 14.7. The second-order valence-corrected chi connectivity index (χ2v) is 3.55.